The number of halogens is 1. The second-order valence-corrected chi connectivity index (χ2v) is 6.06. The molecule has 1 aromatic heterocycles. The summed E-state index contributed by atoms with van der Waals surface area (Å²) >= 11 is 0. The van der Waals surface area contributed by atoms with Gasteiger partial charge in [0.05, 0.1) is 11.8 Å². The Labute approximate surface area is 160 Å². The number of oxazole rings is 1. The van der Waals surface area contributed by atoms with Crippen molar-refractivity contribution < 1.29 is 18.4 Å². The molecule has 0 fully saturated rings. The molecule has 7 nitrogen and oxygen atoms in total. The third kappa shape index (κ3) is 5.16. The average Bonchev–Trinajstić information content (AvgIpc) is 3.14. The van der Waals surface area contributed by atoms with Gasteiger partial charge in [0.15, 0.2) is 11.7 Å². The minimum Gasteiger partial charge on any atom is -0.441 e. The summed E-state index contributed by atoms with van der Waals surface area (Å²) in [6, 6.07) is 12.6. The molecule has 8 heteroatoms. The number of hydrogen-bond donors (Lipinski definition) is 3. The largest absolute Gasteiger partial charge is 0.441 e. The number of carbonyl (C=O) groups excluding carboxylic acids is 2. The molecule has 2 aromatic carbocycles. The average molecular weight is 382 g/mol. The number of urea groups is 1. The Morgan fingerprint density at radius 1 is 1.11 bits per heavy atom. The van der Waals surface area contributed by atoms with Crippen molar-refractivity contribution in [1.29, 1.82) is 0 Å². The molecular weight excluding hydrogens is 363 g/mol. The minimum absolute atomic E-state index is 0.162. The number of aromatic nitrogens is 1. The van der Waals surface area contributed by atoms with Crippen LogP contribution in [-0.4, -0.2) is 16.9 Å². The number of anilines is 1. The first-order chi connectivity index (χ1) is 13.5. The van der Waals surface area contributed by atoms with Crippen LogP contribution in [0.1, 0.15) is 17.9 Å². The summed E-state index contributed by atoms with van der Waals surface area (Å²) in [5.74, 6) is 0.151. The van der Waals surface area contributed by atoms with Crippen LogP contribution >= 0.6 is 0 Å². The summed E-state index contributed by atoms with van der Waals surface area (Å²) in [5.41, 5.74) is 6.84. The molecule has 0 unspecified atom stereocenters. The Bertz CT molecular complexity index is 970. The molecule has 0 atom stereocenters. The van der Waals surface area contributed by atoms with E-state index in [9.17, 15) is 14.0 Å². The highest BCUT2D eigenvalue weighted by Gasteiger charge is 2.11. The van der Waals surface area contributed by atoms with Crippen molar-refractivity contribution in [3.05, 3.63) is 72.0 Å². The van der Waals surface area contributed by atoms with E-state index in [0.717, 1.165) is 5.56 Å². The molecule has 3 aromatic rings. The molecule has 4 N–H and O–H groups in total. The maximum Gasteiger partial charge on any atom is 0.316 e. The van der Waals surface area contributed by atoms with E-state index in [1.54, 1.807) is 42.5 Å². The maximum atomic E-state index is 13.8. The number of nitrogens with zero attached hydrogens (tertiary/aromatic N) is 1. The minimum atomic E-state index is -0.634. The summed E-state index contributed by atoms with van der Waals surface area (Å²) in [6.45, 7) is 0.349. The zero-order valence-corrected chi connectivity index (χ0v) is 14.9. The smallest absolute Gasteiger partial charge is 0.316 e. The van der Waals surface area contributed by atoms with Gasteiger partial charge in [-0.3, -0.25) is 4.79 Å². The molecule has 3 amide bonds. The van der Waals surface area contributed by atoms with E-state index in [1.807, 2.05) is 0 Å². The van der Waals surface area contributed by atoms with E-state index in [2.05, 4.69) is 15.6 Å². The van der Waals surface area contributed by atoms with E-state index >= 15 is 0 Å². The van der Waals surface area contributed by atoms with Gasteiger partial charge in [0.1, 0.15) is 5.82 Å². The lowest BCUT2D eigenvalue weighted by Crippen LogP contribution is -2.23. The van der Waals surface area contributed by atoms with Crippen molar-refractivity contribution in [2.24, 2.45) is 5.73 Å². The second-order valence-electron chi connectivity index (χ2n) is 6.06. The summed E-state index contributed by atoms with van der Waals surface area (Å²) in [4.78, 5) is 26.9. The summed E-state index contributed by atoms with van der Waals surface area (Å²) in [6.07, 6.45) is 1.95. The molecule has 144 valence electrons. The first-order valence-corrected chi connectivity index (χ1v) is 8.63. The molecule has 0 saturated carbocycles. The number of nitrogens with one attached hydrogen (secondary N) is 2. The predicted molar refractivity (Wildman–Crippen MR) is 102 cm³/mol. The van der Waals surface area contributed by atoms with Crippen molar-refractivity contribution in [1.82, 2.24) is 10.3 Å². The number of rotatable bonds is 7. The van der Waals surface area contributed by atoms with Gasteiger partial charge >= 0.3 is 6.03 Å². The topological polar surface area (TPSA) is 110 Å². The molecular formula is C20H19FN4O3. The number of aryl methyl sites for hydroxylation is 1. The van der Waals surface area contributed by atoms with E-state index in [4.69, 9.17) is 10.2 Å². The van der Waals surface area contributed by atoms with Crippen LogP contribution in [0.2, 0.25) is 0 Å². The summed E-state index contributed by atoms with van der Waals surface area (Å²) < 4.78 is 19.3. The van der Waals surface area contributed by atoms with Crippen molar-refractivity contribution in [2.75, 3.05) is 5.32 Å². The van der Waals surface area contributed by atoms with Gasteiger partial charge < -0.3 is 20.8 Å². The lowest BCUT2D eigenvalue weighted by molar-refractivity contribution is -0.121. The normalized spacial score (nSPS) is 10.5. The van der Waals surface area contributed by atoms with Gasteiger partial charge in [0, 0.05) is 25.1 Å². The number of nitrogens with two attached hydrogens (primary N) is 1. The van der Waals surface area contributed by atoms with Crippen LogP contribution in [-0.2, 0) is 17.8 Å². The number of hydrogen-bond acceptors (Lipinski definition) is 4. The van der Waals surface area contributed by atoms with E-state index < -0.39 is 6.03 Å². The second kappa shape index (κ2) is 8.81. The first kappa shape index (κ1) is 19.1. The van der Waals surface area contributed by atoms with Crippen LogP contribution in [0.4, 0.5) is 14.9 Å². The molecule has 0 spiro atoms. The zero-order chi connectivity index (χ0) is 19.9. The standard InChI is InChI=1S/C20H19FN4O3/c21-16-4-2-1-3-15(16)17-12-24-19(28-17)10-9-18(26)23-11-13-5-7-14(8-6-13)25-20(22)27/h1-8,12H,9-11H2,(H,23,26)(H3,22,25,27). The highest BCUT2D eigenvalue weighted by molar-refractivity contribution is 5.87. The van der Waals surface area contributed by atoms with Crippen LogP contribution in [0.3, 0.4) is 0 Å². The molecule has 1 heterocycles. The Morgan fingerprint density at radius 2 is 1.86 bits per heavy atom. The first-order valence-electron chi connectivity index (χ1n) is 8.63. The van der Waals surface area contributed by atoms with Gasteiger partial charge in [-0.15, -0.1) is 0 Å². The van der Waals surface area contributed by atoms with Crippen molar-refractivity contribution >= 4 is 17.6 Å². The molecule has 0 saturated heterocycles. The fourth-order valence-electron chi connectivity index (χ4n) is 2.57. The van der Waals surface area contributed by atoms with Crippen LogP contribution < -0.4 is 16.4 Å². The van der Waals surface area contributed by atoms with Gasteiger partial charge in [-0.2, -0.15) is 0 Å². The Kier molecular flexibility index (Phi) is 6.01. The van der Waals surface area contributed by atoms with Gasteiger partial charge in [-0.05, 0) is 29.8 Å². The van der Waals surface area contributed by atoms with Gasteiger partial charge in [-0.1, -0.05) is 24.3 Å². The number of benzene rings is 2. The highest BCUT2D eigenvalue weighted by Crippen LogP contribution is 2.23. The third-order valence-corrected chi connectivity index (χ3v) is 3.97. The van der Waals surface area contributed by atoms with Gasteiger partial charge in [0.25, 0.3) is 0 Å². The molecule has 28 heavy (non-hydrogen) atoms. The van der Waals surface area contributed by atoms with Crippen LogP contribution in [0.5, 0.6) is 0 Å². The predicted octanol–water partition coefficient (Wildman–Crippen LogP) is 3.22. The SMILES string of the molecule is NC(=O)Nc1ccc(CNC(=O)CCc2ncc(-c3ccccc3F)o2)cc1. The maximum absolute atomic E-state index is 13.8. The molecule has 0 aliphatic rings. The van der Waals surface area contributed by atoms with Gasteiger partial charge in [0.2, 0.25) is 5.91 Å². The monoisotopic (exact) mass is 382 g/mol. The molecule has 0 radical (unpaired) electrons. The molecule has 0 bridgehead atoms. The number of carbonyl (C=O) groups is 2. The Hall–Kier alpha value is -3.68. The number of primary amides is 1. The van der Waals surface area contributed by atoms with Crippen molar-refractivity contribution in [2.45, 2.75) is 19.4 Å². The number of amides is 3. The fraction of sp³-hybridized carbons (Fsp3) is 0.150. The fourth-order valence-corrected chi connectivity index (χ4v) is 2.57. The van der Waals surface area contributed by atoms with Crippen molar-refractivity contribution in [3.63, 3.8) is 0 Å². The third-order valence-electron chi connectivity index (χ3n) is 3.97. The van der Waals surface area contributed by atoms with Crippen LogP contribution in [0, 0.1) is 5.82 Å². The van der Waals surface area contributed by atoms with E-state index in [-0.39, 0.29) is 18.1 Å². The van der Waals surface area contributed by atoms with Crippen LogP contribution in [0.15, 0.2) is 59.1 Å². The lowest BCUT2D eigenvalue weighted by atomic mass is 10.2. The lowest BCUT2D eigenvalue weighted by Gasteiger charge is -2.06. The van der Waals surface area contributed by atoms with Crippen LogP contribution in [0.25, 0.3) is 11.3 Å². The molecule has 0 aliphatic carbocycles. The zero-order valence-electron chi connectivity index (χ0n) is 14.9. The summed E-state index contributed by atoms with van der Waals surface area (Å²) in [5, 5.41) is 5.26. The Morgan fingerprint density at radius 3 is 2.57 bits per heavy atom. The van der Waals surface area contributed by atoms with E-state index in [1.165, 1.54) is 12.3 Å². The Balaban J connectivity index is 1.47. The molecule has 0 aliphatic heterocycles. The summed E-state index contributed by atoms with van der Waals surface area (Å²) in [7, 11) is 0. The van der Waals surface area contributed by atoms with Gasteiger partial charge in [-0.25, -0.2) is 14.2 Å². The highest BCUT2D eigenvalue weighted by atomic mass is 19.1. The quantitative estimate of drug-likeness (QED) is 0.583. The van der Waals surface area contributed by atoms with E-state index in [0.29, 0.717) is 35.9 Å². The molecule has 3 rings (SSSR count). The van der Waals surface area contributed by atoms with Crippen molar-refractivity contribution in [3.8, 4) is 11.3 Å².